The molecule has 0 saturated carbocycles. The number of hydrogen-bond acceptors (Lipinski definition) is 10. The number of nitrogens with one attached hydrogen (secondary N) is 1. The lowest BCUT2D eigenvalue weighted by Crippen LogP contribution is -2.27. The summed E-state index contributed by atoms with van der Waals surface area (Å²) >= 11 is 6.46. The largest absolute Gasteiger partial charge is 0.483 e. The first-order valence-electron chi connectivity index (χ1n) is 12.7. The molecule has 3 aromatic rings. The molecule has 14 heteroatoms. The van der Waals surface area contributed by atoms with E-state index >= 15 is 0 Å². The molecule has 0 aromatic heterocycles. The first-order chi connectivity index (χ1) is 20.1. The Morgan fingerprint density at radius 3 is 2.36 bits per heavy atom. The number of nitrogens with zero attached hydrogens (tertiary/aromatic N) is 4. The van der Waals surface area contributed by atoms with Crippen LogP contribution in [0, 0.1) is 20.2 Å². The van der Waals surface area contributed by atoms with Crippen molar-refractivity contribution in [3.8, 4) is 5.75 Å². The monoisotopic (exact) mass is 607 g/mol. The van der Waals surface area contributed by atoms with Gasteiger partial charge in [0.1, 0.15) is 5.75 Å². The Kier molecular flexibility index (Phi) is 9.49. The maximum absolute atomic E-state index is 13.3. The Hall–Kier alpha value is -4.82. The Balaban J connectivity index is 1.60. The average Bonchev–Trinajstić information content (AvgIpc) is 3.25. The molecule has 1 N–H and O–H groups in total. The molecule has 1 aliphatic rings. The van der Waals surface area contributed by atoms with Crippen LogP contribution < -0.4 is 19.9 Å². The lowest BCUT2D eigenvalue weighted by atomic mass is 10.1. The fourth-order valence-electron chi connectivity index (χ4n) is 4.17. The van der Waals surface area contributed by atoms with Gasteiger partial charge in [-0.1, -0.05) is 36.1 Å². The summed E-state index contributed by atoms with van der Waals surface area (Å²) in [5.74, 6) is -0.659. The fourth-order valence-corrected chi connectivity index (χ4v) is 5.46. The number of non-ortho nitro benzene ring substituents is 2. The van der Waals surface area contributed by atoms with Crippen molar-refractivity contribution in [3.05, 3.63) is 97.4 Å². The zero-order chi connectivity index (χ0) is 30.4. The van der Waals surface area contributed by atoms with E-state index in [-0.39, 0.29) is 32.0 Å². The smallest absolute Gasteiger partial charge is 0.271 e. The molecule has 0 spiro atoms. The van der Waals surface area contributed by atoms with Crippen molar-refractivity contribution in [1.29, 1.82) is 0 Å². The predicted molar refractivity (Wildman–Crippen MR) is 166 cm³/mol. The molecule has 0 atom stereocenters. The summed E-state index contributed by atoms with van der Waals surface area (Å²) in [6, 6.07) is 16.6. The third kappa shape index (κ3) is 6.90. The molecule has 0 radical (unpaired) electrons. The van der Waals surface area contributed by atoms with Gasteiger partial charge in [0.05, 0.1) is 20.4 Å². The number of carbonyl (C=O) groups excluding carboxylic acids is 2. The van der Waals surface area contributed by atoms with E-state index in [4.69, 9.17) is 17.0 Å². The lowest BCUT2D eigenvalue weighted by Gasteiger charge is -2.22. The van der Waals surface area contributed by atoms with Crippen LogP contribution in [0.1, 0.15) is 19.4 Å². The van der Waals surface area contributed by atoms with E-state index in [9.17, 15) is 29.8 Å². The van der Waals surface area contributed by atoms with Gasteiger partial charge in [-0.2, -0.15) is 0 Å². The number of nitro groups is 2. The van der Waals surface area contributed by atoms with Crippen LogP contribution in [-0.4, -0.2) is 45.7 Å². The number of ether oxygens (including phenoxy) is 1. The summed E-state index contributed by atoms with van der Waals surface area (Å²) in [5, 5.41) is 24.9. The number of amides is 2. The van der Waals surface area contributed by atoms with Crippen LogP contribution in [0.4, 0.5) is 28.4 Å². The second kappa shape index (κ2) is 13.2. The highest BCUT2D eigenvalue weighted by Gasteiger charge is 2.34. The zero-order valence-electron chi connectivity index (χ0n) is 22.5. The minimum absolute atomic E-state index is 0.162. The van der Waals surface area contributed by atoms with Gasteiger partial charge in [0.15, 0.2) is 10.9 Å². The molecule has 0 unspecified atom stereocenters. The number of benzene rings is 3. The van der Waals surface area contributed by atoms with Gasteiger partial charge in [-0.3, -0.25) is 34.7 Å². The van der Waals surface area contributed by atoms with Crippen molar-refractivity contribution >= 4 is 74.6 Å². The molecule has 1 heterocycles. The summed E-state index contributed by atoms with van der Waals surface area (Å²) in [7, 11) is 0. The van der Waals surface area contributed by atoms with Crippen LogP contribution >= 0.6 is 24.0 Å². The Labute approximate surface area is 250 Å². The number of thioether (sulfide) groups is 1. The molecule has 4 rings (SSSR count). The summed E-state index contributed by atoms with van der Waals surface area (Å²) < 4.78 is 6.11. The van der Waals surface area contributed by atoms with Gasteiger partial charge in [-0.15, -0.1) is 0 Å². The maximum atomic E-state index is 13.3. The second-order valence-electron chi connectivity index (χ2n) is 8.83. The molecule has 1 fully saturated rings. The first kappa shape index (κ1) is 30.1. The normalized spacial score (nSPS) is 13.8. The Morgan fingerprint density at radius 1 is 1.02 bits per heavy atom. The highest BCUT2D eigenvalue weighted by atomic mass is 32.2. The van der Waals surface area contributed by atoms with Gasteiger partial charge in [0.2, 0.25) is 0 Å². The topological polar surface area (TPSA) is 148 Å². The molecular weight excluding hydrogens is 582 g/mol. The first-order valence-corrected chi connectivity index (χ1v) is 13.9. The van der Waals surface area contributed by atoms with E-state index in [0.29, 0.717) is 11.3 Å². The van der Waals surface area contributed by atoms with Gasteiger partial charge in [-0.05, 0) is 44.2 Å². The van der Waals surface area contributed by atoms with E-state index in [1.165, 1.54) is 47.4 Å². The zero-order valence-corrected chi connectivity index (χ0v) is 24.1. The van der Waals surface area contributed by atoms with E-state index in [1.54, 1.807) is 24.3 Å². The van der Waals surface area contributed by atoms with Crippen molar-refractivity contribution in [2.45, 2.75) is 13.8 Å². The fraction of sp³-hybridized carbons (Fsp3) is 0.179. The highest BCUT2D eigenvalue weighted by Crippen LogP contribution is 2.38. The van der Waals surface area contributed by atoms with Gasteiger partial charge >= 0.3 is 0 Å². The molecule has 1 saturated heterocycles. The summed E-state index contributed by atoms with van der Waals surface area (Å²) in [6.45, 7) is 5.06. The van der Waals surface area contributed by atoms with Crippen LogP contribution in [-0.2, 0) is 9.59 Å². The molecule has 216 valence electrons. The predicted octanol–water partition coefficient (Wildman–Crippen LogP) is 5.77. The number of nitro benzene ring substituents is 2. The molecular formula is C28H25N5O7S2. The van der Waals surface area contributed by atoms with E-state index in [2.05, 4.69) is 10.2 Å². The number of thiocarbonyl (C=S) groups is 1. The maximum Gasteiger partial charge on any atom is 0.271 e. The lowest BCUT2D eigenvalue weighted by molar-refractivity contribution is -0.385. The third-order valence-electron chi connectivity index (χ3n) is 6.20. The number of hydrogen-bond donors (Lipinski definition) is 1. The van der Waals surface area contributed by atoms with Crippen LogP contribution in [0.2, 0.25) is 0 Å². The van der Waals surface area contributed by atoms with E-state index in [1.807, 2.05) is 19.9 Å². The van der Waals surface area contributed by atoms with Gasteiger partial charge in [0.25, 0.3) is 23.2 Å². The van der Waals surface area contributed by atoms with Crippen molar-refractivity contribution in [2.24, 2.45) is 0 Å². The average molecular weight is 608 g/mol. The molecule has 12 nitrogen and oxygen atoms in total. The van der Waals surface area contributed by atoms with Crippen LogP contribution in [0.3, 0.4) is 0 Å². The van der Waals surface area contributed by atoms with Crippen molar-refractivity contribution in [2.75, 3.05) is 34.8 Å². The molecule has 2 amide bonds. The molecule has 0 aliphatic carbocycles. The minimum Gasteiger partial charge on any atom is -0.483 e. The quantitative estimate of drug-likeness (QED) is 0.123. The van der Waals surface area contributed by atoms with Crippen LogP contribution in [0.5, 0.6) is 5.75 Å². The number of carbonyl (C=O) groups is 2. The van der Waals surface area contributed by atoms with Crippen LogP contribution in [0.25, 0.3) is 6.08 Å². The van der Waals surface area contributed by atoms with E-state index in [0.717, 1.165) is 30.5 Å². The summed E-state index contributed by atoms with van der Waals surface area (Å²) in [4.78, 5) is 50.8. The van der Waals surface area contributed by atoms with Gasteiger partial charge < -0.3 is 15.0 Å². The van der Waals surface area contributed by atoms with Crippen molar-refractivity contribution < 1.29 is 24.2 Å². The third-order valence-corrected chi connectivity index (χ3v) is 7.51. The standard InChI is InChI=1S/C28H25N5O7S2/c1-3-30(4-2)20-12-11-18(24(16-20)40-17-26(34)29-19-7-5-9-22(14-19)32(36)37)13-25-27(35)31(28(41)42-25)21-8-6-10-23(15-21)33(38)39/h5-16H,3-4,17H2,1-2H3,(H,29,34)/b25-13-. The highest BCUT2D eigenvalue weighted by molar-refractivity contribution is 8.27. The summed E-state index contributed by atoms with van der Waals surface area (Å²) in [5.41, 5.74) is 1.55. The Morgan fingerprint density at radius 2 is 1.69 bits per heavy atom. The molecule has 1 aliphatic heterocycles. The van der Waals surface area contributed by atoms with E-state index < -0.39 is 28.3 Å². The van der Waals surface area contributed by atoms with Crippen molar-refractivity contribution in [1.82, 2.24) is 0 Å². The second-order valence-corrected chi connectivity index (χ2v) is 10.5. The van der Waals surface area contributed by atoms with Gasteiger partial charge in [0, 0.05) is 60.4 Å². The SMILES string of the molecule is CCN(CC)c1ccc(/C=C2\SC(=S)N(c3cccc([N+](=O)[O-])c3)C2=O)c(OCC(=O)Nc2cccc([N+](=O)[O-])c2)c1. The minimum atomic E-state index is -0.557. The molecule has 3 aromatic carbocycles. The molecule has 0 bridgehead atoms. The Bertz CT molecular complexity index is 1610. The van der Waals surface area contributed by atoms with Crippen LogP contribution in [0.15, 0.2) is 71.6 Å². The molecule has 42 heavy (non-hydrogen) atoms. The number of rotatable bonds is 11. The van der Waals surface area contributed by atoms with Gasteiger partial charge in [-0.25, -0.2) is 0 Å². The summed E-state index contributed by atoms with van der Waals surface area (Å²) in [6.07, 6.45) is 1.59. The van der Waals surface area contributed by atoms with Crippen molar-refractivity contribution in [3.63, 3.8) is 0 Å². The number of anilines is 3.